The Balaban J connectivity index is 1.87. The van der Waals surface area contributed by atoms with Gasteiger partial charge in [0.25, 0.3) is 0 Å². The van der Waals surface area contributed by atoms with Crippen LogP contribution in [0.15, 0.2) is 42.6 Å². The number of rotatable bonds is 3. The molecule has 0 saturated heterocycles. The quantitative estimate of drug-likeness (QED) is 0.341. The SMILES string of the molecule is COc1ccc2nc(Nc3ccc(O)c(O)c3)c3n[nH]cc3c2c1. The molecule has 0 aliphatic rings. The van der Waals surface area contributed by atoms with Crippen molar-refractivity contribution in [2.45, 2.75) is 0 Å². The van der Waals surface area contributed by atoms with E-state index < -0.39 is 0 Å². The summed E-state index contributed by atoms with van der Waals surface area (Å²) in [6.45, 7) is 0. The molecule has 0 amide bonds. The molecule has 24 heavy (non-hydrogen) atoms. The highest BCUT2D eigenvalue weighted by Gasteiger charge is 2.12. The Morgan fingerprint density at radius 2 is 1.92 bits per heavy atom. The summed E-state index contributed by atoms with van der Waals surface area (Å²) in [5.74, 6) is 0.915. The van der Waals surface area contributed by atoms with Gasteiger partial charge >= 0.3 is 0 Å². The molecule has 120 valence electrons. The van der Waals surface area contributed by atoms with Crippen molar-refractivity contribution in [2.24, 2.45) is 0 Å². The van der Waals surface area contributed by atoms with E-state index in [1.54, 1.807) is 19.4 Å². The maximum atomic E-state index is 9.63. The van der Waals surface area contributed by atoms with Crippen LogP contribution in [-0.4, -0.2) is 32.5 Å². The number of pyridine rings is 1. The van der Waals surface area contributed by atoms with Gasteiger partial charge in [-0.15, -0.1) is 0 Å². The Labute approximate surface area is 136 Å². The van der Waals surface area contributed by atoms with Gasteiger partial charge in [-0.2, -0.15) is 5.10 Å². The third-order valence-electron chi connectivity index (χ3n) is 3.83. The fourth-order valence-corrected chi connectivity index (χ4v) is 2.63. The zero-order valence-electron chi connectivity index (χ0n) is 12.7. The van der Waals surface area contributed by atoms with Crippen LogP contribution in [0.3, 0.4) is 0 Å². The highest BCUT2D eigenvalue weighted by Crippen LogP contribution is 2.33. The van der Waals surface area contributed by atoms with Gasteiger partial charge in [0.1, 0.15) is 11.3 Å². The van der Waals surface area contributed by atoms with E-state index in [2.05, 4.69) is 20.5 Å². The minimum Gasteiger partial charge on any atom is -0.504 e. The standard InChI is InChI=1S/C17H14N4O3/c1-24-10-3-4-13-11(7-10)12-8-18-21-16(12)17(20-13)19-9-2-5-14(22)15(23)6-9/h2-8,22-23H,1H3,(H,18,21)(H,19,20). The fraction of sp³-hybridized carbons (Fsp3) is 0.0588. The number of aromatic amines is 1. The third-order valence-corrected chi connectivity index (χ3v) is 3.83. The molecule has 4 N–H and O–H groups in total. The highest BCUT2D eigenvalue weighted by atomic mass is 16.5. The number of methoxy groups -OCH3 is 1. The van der Waals surface area contributed by atoms with Crippen molar-refractivity contribution in [1.29, 1.82) is 0 Å². The first-order valence-corrected chi connectivity index (χ1v) is 7.26. The Kier molecular flexibility index (Phi) is 3.13. The Hall–Kier alpha value is -3.48. The van der Waals surface area contributed by atoms with E-state index in [4.69, 9.17) is 4.74 Å². The highest BCUT2D eigenvalue weighted by molar-refractivity contribution is 6.09. The van der Waals surface area contributed by atoms with Gasteiger partial charge in [-0.05, 0) is 30.3 Å². The van der Waals surface area contributed by atoms with E-state index in [0.29, 0.717) is 17.0 Å². The topological polar surface area (TPSA) is 103 Å². The van der Waals surface area contributed by atoms with E-state index in [1.807, 2.05) is 18.2 Å². The number of H-pyrrole nitrogens is 1. The lowest BCUT2D eigenvalue weighted by atomic mass is 10.1. The summed E-state index contributed by atoms with van der Waals surface area (Å²) in [6, 6.07) is 10.1. The number of nitrogens with one attached hydrogen (secondary N) is 2. The molecule has 2 aromatic carbocycles. The molecular weight excluding hydrogens is 308 g/mol. The van der Waals surface area contributed by atoms with E-state index >= 15 is 0 Å². The van der Waals surface area contributed by atoms with E-state index in [-0.39, 0.29) is 11.5 Å². The Morgan fingerprint density at radius 1 is 1.04 bits per heavy atom. The number of nitrogens with zero attached hydrogens (tertiary/aromatic N) is 2. The molecule has 0 bridgehead atoms. The van der Waals surface area contributed by atoms with E-state index in [1.165, 1.54) is 12.1 Å². The van der Waals surface area contributed by atoms with Gasteiger partial charge in [0.05, 0.1) is 12.6 Å². The number of benzene rings is 2. The zero-order chi connectivity index (χ0) is 16.7. The molecule has 0 aliphatic heterocycles. The average molecular weight is 322 g/mol. The van der Waals surface area contributed by atoms with Gasteiger partial charge in [-0.3, -0.25) is 5.10 Å². The summed E-state index contributed by atoms with van der Waals surface area (Å²) in [7, 11) is 1.62. The predicted octanol–water partition coefficient (Wildman–Crippen LogP) is 3.27. The van der Waals surface area contributed by atoms with Crippen LogP contribution in [0.5, 0.6) is 17.2 Å². The van der Waals surface area contributed by atoms with Crippen molar-refractivity contribution >= 4 is 33.3 Å². The maximum absolute atomic E-state index is 9.63. The lowest BCUT2D eigenvalue weighted by molar-refractivity contribution is 0.404. The van der Waals surface area contributed by atoms with Crippen molar-refractivity contribution in [3.05, 3.63) is 42.6 Å². The van der Waals surface area contributed by atoms with Gasteiger partial charge in [0.2, 0.25) is 0 Å². The van der Waals surface area contributed by atoms with Crippen LogP contribution in [0.25, 0.3) is 21.8 Å². The van der Waals surface area contributed by atoms with Gasteiger partial charge in [0, 0.05) is 28.7 Å². The fourth-order valence-electron chi connectivity index (χ4n) is 2.63. The first-order valence-electron chi connectivity index (χ1n) is 7.26. The summed E-state index contributed by atoms with van der Waals surface area (Å²) < 4.78 is 5.27. The minimum atomic E-state index is -0.205. The number of hydrogen-bond acceptors (Lipinski definition) is 6. The monoisotopic (exact) mass is 322 g/mol. The number of fused-ring (bicyclic) bond motifs is 3. The number of phenolic OH excluding ortho intramolecular Hbond substituents is 2. The van der Waals surface area contributed by atoms with Crippen molar-refractivity contribution < 1.29 is 14.9 Å². The molecule has 2 aromatic heterocycles. The van der Waals surface area contributed by atoms with E-state index in [9.17, 15) is 10.2 Å². The van der Waals surface area contributed by atoms with Crippen LogP contribution in [0.2, 0.25) is 0 Å². The van der Waals surface area contributed by atoms with Gasteiger partial charge in [-0.25, -0.2) is 4.98 Å². The molecule has 0 unspecified atom stereocenters. The second kappa shape index (κ2) is 5.31. The molecule has 0 aliphatic carbocycles. The maximum Gasteiger partial charge on any atom is 0.159 e. The molecule has 2 heterocycles. The largest absolute Gasteiger partial charge is 0.504 e. The molecule has 0 radical (unpaired) electrons. The van der Waals surface area contributed by atoms with Gasteiger partial charge in [0.15, 0.2) is 17.3 Å². The molecule has 4 rings (SSSR count). The molecule has 7 heteroatoms. The van der Waals surface area contributed by atoms with Crippen LogP contribution in [-0.2, 0) is 0 Å². The lowest BCUT2D eigenvalue weighted by Crippen LogP contribution is -1.96. The summed E-state index contributed by atoms with van der Waals surface area (Å²) >= 11 is 0. The van der Waals surface area contributed by atoms with Crippen LogP contribution in [0.1, 0.15) is 0 Å². The van der Waals surface area contributed by atoms with Crippen molar-refractivity contribution in [2.75, 3.05) is 12.4 Å². The Bertz CT molecular complexity index is 1060. The number of anilines is 2. The normalized spacial score (nSPS) is 11.0. The average Bonchev–Trinajstić information content (AvgIpc) is 3.08. The number of ether oxygens (including phenoxy) is 1. The van der Waals surface area contributed by atoms with Gasteiger partial charge in [-0.1, -0.05) is 0 Å². The van der Waals surface area contributed by atoms with Crippen molar-refractivity contribution in [3.8, 4) is 17.2 Å². The molecule has 4 aromatic rings. The summed E-state index contributed by atoms with van der Waals surface area (Å²) in [4.78, 5) is 4.61. The predicted molar refractivity (Wildman–Crippen MR) is 91.0 cm³/mol. The summed E-state index contributed by atoms with van der Waals surface area (Å²) in [6.07, 6.45) is 1.80. The molecule has 0 atom stereocenters. The molecule has 0 fully saturated rings. The van der Waals surface area contributed by atoms with Gasteiger partial charge < -0.3 is 20.3 Å². The Morgan fingerprint density at radius 3 is 2.71 bits per heavy atom. The second-order valence-corrected chi connectivity index (χ2v) is 5.32. The number of aromatic hydroxyl groups is 2. The number of aromatic nitrogens is 3. The molecule has 7 nitrogen and oxygen atoms in total. The van der Waals surface area contributed by atoms with Crippen molar-refractivity contribution in [3.63, 3.8) is 0 Å². The smallest absolute Gasteiger partial charge is 0.159 e. The van der Waals surface area contributed by atoms with E-state index in [0.717, 1.165) is 22.0 Å². The third kappa shape index (κ3) is 2.23. The van der Waals surface area contributed by atoms with Crippen molar-refractivity contribution in [1.82, 2.24) is 15.2 Å². The lowest BCUT2D eigenvalue weighted by Gasteiger charge is -2.10. The molecular formula is C17H14N4O3. The number of phenols is 2. The zero-order valence-corrected chi connectivity index (χ0v) is 12.7. The number of hydrogen-bond donors (Lipinski definition) is 4. The first kappa shape index (κ1) is 14.1. The molecule has 0 saturated carbocycles. The van der Waals surface area contributed by atoms with Crippen LogP contribution in [0, 0.1) is 0 Å². The van der Waals surface area contributed by atoms with Crippen LogP contribution >= 0.6 is 0 Å². The molecule has 0 spiro atoms. The van der Waals surface area contributed by atoms with Crippen LogP contribution < -0.4 is 10.1 Å². The second-order valence-electron chi connectivity index (χ2n) is 5.32. The first-order chi connectivity index (χ1) is 11.7. The van der Waals surface area contributed by atoms with Crippen LogP contribution in [0.4, 0.5) is 11.5 Å². The minimum absolute atomic E-state index is 0.177. The summed E-state index contributed by atoms with van der Waals surface area (Å²) in [5.41, 5.74) is 2.05. The summed E-state index contributed by atoms with van der Waals surface area (Å²) in [5, 5.41) is 31.1.